The third-order valence-electron chi connectivity index (χ3n) is 2.92. The number of thioether (sulfide) groups is 1. The van der Waals surface area contributed by atoms with Crippen molar-refractivity contribution in [1.29, 1.82) is 0 Å². The number of ether oxygens (including phenoxy) is 1. The number of hydrogen-bond donors (Lipinski definition) is 0. The van der Waals surface area contributed by atoms with Gasteiger partial charge in [-0.25, -0.2) is 0 Å². The van der Waals surface area contributed by atoms with Gasteiger partial charge in [0.25, 0.3) is 0 Å². The first-order chi connectivity index (χ1) is 8.65. The lowest BCUT2D eigenvalue weighted by molar-refractivity contribution is 0.242. The molecular formula is C15H25NOS. The highest BCUT2D eigenvalue weighted by Gasteiger charge is 2.05. The van der Waals surface area contributed by atoms with Gasteiger partial charge in [0.05, 0.1) is 11.8 Å². The minimum absolute atomic E-state index is 0.220. The van der Waals surface area contributed by atoms with Crippen molar-refractivity contribution >= 4 is 11.8 Å². The number of hydrogen-bond acceptors (Lipinski definition) is 3. The first kappa shape index (κ1) is 15.4. The highest BCUT2D eigenvalue weighted by molar-refractivity contribution is 7.98. The third kappa shape index (κ3) is 5.76. The van der Waals surface area contributed by atoms with Crippen LogP contribution in [0, 0.1) is 5.92 Å². The van der Waals surface area contributed by atoms with Crippen molar-refractivity contribution in [2.24, 2.45) is 5.92 Å². The van der Waals surface area contributed by atoms with Crippen LogP contribution in [0.15, 0.2) is 18.3 Å². The van der Waals surface area contributed by atoms with Crippen LogP contribution < -0.4 is 4.74 Å². The molecule has 0 aliphatic rings. The molecule has 0 amide bonds. The minimum Gasteiger partial charge on any atom is -0.491 e. The quantitative estimate of drug-likeness (QED) is 0.690. The molecule has 3 heteroatoms. The molecule has 18 heavy (non-hydrogen) atoms. The summed E-state index contributed by atoms with van der Waals surface area (Å²) in [5, 5.41) is 0. The Bertz CT molecular complexity index is 337. The summed E-state index contributed by atoms with van der Waals surface area (Å²) >= 11 is 1.97. The second-order valence-corrected chi connectivity index (χ2v) is 5.88. The van der Waals surface area contributed by atoms with E-state index >= 15 is 0 Å². The van der Waals surface area contributed by atoms with Crippen molar-refractivity contribution in [2.45, 2.75) is 52.4 Å². The SMILES string of the molecule is CCC(CC)CSCc1cc(OC(C)C)ccn1. The Hall–Kier alpha value is -0.700. The average molecular weight is 267 g/mol. The number of nitrogens with zero attached hydrogens (tertiary/aromatic N) is 1. The summed E-state index contributed by atoms with van der Waals surface area (Å²) in [6.07, 6.45) is 4.60. The molecule has 0 saturated heterocycles. The van der Waals surface area contributed by atoms with Crippen LogP contribution in [0.25, 0.3) is 0 Å². The topological polar surface area (TPSA) is 22.1 Å². The van der Waals surface area contributed by atoms with E-state index in [1.54, 1.807) is 0 Å². The van der Waals surface area contributed by atoms with Gasteiger partial charge in [-0.15, -0.1) is 0 Å². The standard InChI is InChI=1S/C15H25NOS/c1-5-13(6-2)10-18-11-14-9-15(7-8-16-14)17-12(3)4/h7-9,12-13H,5-6,10-11H2,1-4H3. The summed E-state index contributed by atoms with van der Waals surface area (Å²) in [6, 6.07) is 3.98. The van der Waals surface area contributed by atoms with Crippen molar-refractivity contribution in [3.8, 4) is 5.75 Å². The lowest BCUT2D eigenvalue weighted by Gasteiger charge is -2.12. The molecule has 1 aromatic rings. The normalized spacial score (nSPS) is 11.2. The zero-order valence-corrected chi connectivity index (χ0v) is 12.8. The van der Waals surface area contributed by atoms with Gasteiger partial charge >= 0.3 is 0 Å². The number of rotatable bonds is 8. The summed E-state index contributed by atoms with van der Waals surface area (Å²) < 4.78 is 5.68. The Morgan fingerprint density at radius 1 is 1.28 bits per heavy atom. The molecule has 0 saturated carbocycles. The lowest BCUT2D eigenvalue weighted by atomic mass is 10.1. The monoisotopic (exact) mass is 267 g/mol. The van der Waals surface area contributed by atoms with E-state index in [0.29, 0.717) is 0 Å². The van der Waals surface area contributed by atoms with Gasteiger partial charge < -0.3 is 4.74 Å². The molecule has 0 fully saturated rings. The smallest absolute Gasteiger partial charge is 0.123 e. The summed E-state index contributed by atoms with van der Waals surface area (Å²) in [6.45, 7) is 8.62. The van der Waals surface area contributed by atoms with Gasteiger partial charge in [0, 0.05) is 18.0 Å². The van der Waals surface area contributed by atoms with Crippen molar-refractivity contribution in [2.75, 3.05) is 5.75 Å². The molecular weight excluding hydrogens is 242 g/mol. The zero-order chi connectivity index (χ0) is 13.4. The van der Waals surface area contributed by atoms with Crippen LogP contribution in [0.4, 0.5) is 0 Å². The molecule has 0 N–H and O–H groups in total. The lowest BCUT2D eigenvalue weighted by Crippen LogP contribution is -2.06. The van der Waals surface area contributed by atoms with Crippen LogP contribution >= 0.6 is 11.8 Å². The molecule has 0 aliphatic carbocycles. The Kier molecular flexibility index (Phi) is 7.18. The van der Waals surface area contributed by atoms with E-state index in [1.807, 2.05) is 37.9 Å². The number of pyridine rings is 1. The summed E-state index contributed by atoms with van der Waals surface area (Å²) in [7, 11) is 0. The minimum atomic E-state index is 0.220. The molecule has 0 aromatic carbocycles. The van der Waals surface area contributed by atoms with Crippen LogP contribution in [-0.2, 0) is 5.75 Å². The maximum absolute atomic E-state index is 5.68. The predicted molar refractivity (Wildman–Crippen MR) is 80.2 cm³/mol. The van der Waals surface area contributed by atoms with E-state index in [2.05, 4.69) is 24.9 Å². The molecule has 1 heterocycles. The molecule has 0 bridgehead atoms. The summed E-state index contributed by atoms with van der Waals surface area (Å²) in [5.74, 6) is 3.97. The van der Waals surface area contributed by atoms with Crippen molar-refractivity contribution < 1.29 is 4.74 Å². The fourth-order valence-electron chi connectivity index (χ4n) is 1.74. The molecule has 0 aliphatic heterocycles. The van der Waals surface area contributed by atoms with Crippen molar-refractivity contribution in [3.63, 3.8) is 0 Å². The van der Waals surface area contributed by atoms with Crippen LogP contribution in [-0.4, -0.2) is 16.8 Å². The van der Waals surface area contributed by atoms with Crippen molar-refractivity contribution in [1.82, 2.24) is 4.98 Å². The molecule has 2 nitrogen and oxygen atoms in total. The van der Waals surface area contributed by atoms with E-state index in [1.165, 1.54) is 18.6 Å². The Morgan fingerprint density at radius 3 is 2.61 bits per heavy atom. The zero-order valence-electron chi connectivity index (χ0n) is 12.0. The second-order valence-electron chi connectivity index (χ2n) is 4.85. The fraction of sp³-hybridized carbons (Fsp3) is 0.667. The first-order valence-corrected chi connectivity index (χ1v) is 8.00. The highest BCUT2D eigenvalue weighted by Crippen LogP contribution is 2.21. The van der Waals surface area contributed by atoms with E-state index < -0.39 is 0 Å². The molecule has 1 aromatic heterocycles. The average Bonchev–Trinajstić information content (AvgIpc) is 2.34. The van der Waals surface area contributed by atoms with Crippen LogP contribution in [0.3, 0.4) is 0 Å². The largest absolute Gasteiger partial charge is 0.491 e. The first-order valence-electron chi connectivity index (χ1n) is 6.85. The molecule has 0 spiro atoms. The summed E-state index contributed by atoms with van der Waals surface area (Å²) in [5.41, 5.74) is 1.11. The van der Waals surface area contributed by atoms with Gasteiger partial charge in [-0.3, -0.25) is 4.98 Å². The number of aromatic nitrogens is 1. The van der Waals surface area contributed by atoms with Gasteiger partial charge in [0.1, 0.15) is 5.75 Å². The van der Waals surface area contributed by atoms with Crippen LogP contribution in [0.5, 0.6) is 5.75 Å². The fourth-order valence-corrected chi connectivity index (χ4v) is 3.02. The van der Waals surface area contributed by atoms with Crippen LogP contribution in [0.2, 0.25) is 0 Å². The maximum atomic E-state index is 5.68. The molecule has 1 rings (SSSR count). The second kappa shape index (κ2) is 8.41. The van der Waals surface area contributed by atoms with Crippen molar-refractivity contribution in [3.05, 3.63) is 24.0 Å². The van der Waals surface area contributed by atoms with Gasteiger partial charge in [0.2, 0.25) is 0 Å². The maximum Gasteiger partial charge on any atom is 0.123 e. The van der Waals surface area contributed by atoms with Crippen LogP contribution in [0.1, 0.15) is 46.2 Å². The van der Waals surface area contributed by atoms with Gasteiger partial charge in [-0.1, -0.05) is 26.7 Å². The van der Waals surface area contributed by atoms with E-state index in [4.69, 9.17) is 4.74 Å². The Balaban J connectivity index is 2.42. The van der Waals surface area contributed by atoms with Gasteiger partial charge in [-0.05, 0) is 31.6 Å². The Labute approximate surface area is 116 Å². The molecule has 0 atom stereocenters. The third-order valence-corrected chi connectivity index (χ3v) is 4.13. The summed E-state index contributed by atoms with van der Waals surface area (Å²) in [4.78, 5) is 4.39. The van der Waals surface area contributed by atoms with Gasteiger partial charge in [-0.2, -0.15) is 11.8 Å². The van der Waals surface area contributed by atoms with E-state index in [-0.39, 0.29) is 6.10 Å². The molecule has 102 valence electrons. The van der Waals surface area contributed by atoms with E-state index in [9.17, 15) is 0 Å². The molecule has 0 unspecified atom stereocenters. The van der Waals surface area contributed by atoms with E-state index in [0.717, 1.165) is 23.1 Å². The molecule has 0 radical (unpaired) electrons. The van der Waals surface area contributed by atoms with Gasteiger partial charge in [0.15, 0.2) is 0 Å². The highest BCUT2D eigenvalue weighted by atomic mass is 32.2. The Morgan fingerprint density at radius 2 is 2.00 bits per heavy atom. The predicted octanol–water partition coefficient (Wildman–Crippen LogP) is 4.54.